The van der Waals surface area contributed by atoms with Crippen molar-refractivity contribution in [3.63, 3.8) is 0 Å². The molecule has 2 aliphatic rings. The number of halogens is 3. The molecule has 1 aromatic rings. The molecule has 0 bridgehead atoms. The SMILES string of the molecule is O=C(O)[C@@H]1CN(C(=O)c2cnn3c2CCCC3)C[C@H]1C(F)(F)F. The molecule has 0 radical (unpaired) electrons. The third-order valence-electron chi connectivity index (χ3n) is 4.56. The van der Waals surface area contributed by atoms with Crippen molar-refractivity contribution in [2.24, 2.45) is 11.8 Å². The Hall–Kier alpha value is -2.06. The van der Waals surface area contributed by atoms with E-state index in [1.54, 1.807) is 4.68 Å². The second-order valence-corrected chi connectivity index (χ2v) is 5.99. The number of aromatic nitrogens is 2. The summed E-state index contributed by atoms with van der Waals surface area (Å²) >= 11 is 0. The van der Waals surface area contributed by atoms with Crippen LogP contribution in [0.25, 0.3) is 0 Å². The lowest BCUT2D eigenvalue weighted by Gasteiger charge is -2.19. The maximum absolute atomic E-state index is 13.0. The maximum atomic E-state index is 13.0. The summed E-state index contributed by atoms with van der Waals surface area (Å²) in [4.78, 5) is 24.6. The highest BCUT2D eigenvalue weighted by Crippen LogP contribution is 2.38. The molecule has 0 aliphatic carbocycles. The van der Waals surface area contributed by atoms with E-state index in [2.05, 4.69) is 5.10 Å². The Morgan fingerprint density at radius 2 is 2.00 bits per heavy atom. The number of fused-ring (bicyclic) bond motifs is 1. The summed E-state index contributed by atoms with van der Waals surface area (Å²) in [6.45, 7) is -0.363. The van der Waals surface area contributed by atoms with Crippen LogP contribution in [-0.2, 0) is 17.8 Å². The fraction of sp³-hybridized carbons (Fsp3) is 0.643. The van der Waals surface area contributed by atoms with Crippen molar-refractivity contribution < 1.29 is 27.9 Å². The van der Waals surface area contributed by atoms with Crippen LogP contribution in [0.3, 0.4) is 0 Å². The van der Waals surface area contributed by atoms with Gasteiger partial charge in [-0.2, -0.15) is 18.3 Å². The highest BCUT2D eigenvalue weighted by Gasteiger charge is 2.53. The first kappa shape index (κ1) is 15.8. The van der Waals surface area contributed by atoms with Crippen molar-refractivity contribution >= 4 is 11.9 Å². The minimum Gasteiger partial charge on any atom is -0.481 e. The molecule has 1 amide bonds. The Kier molecular flexibility index (Phi) is 3.81. The standard InChI is InChI=1S/C14H16F3N3O3/c15-14(16,17)10-7-19(6-9(10)13(22)23)12(21)8-5-18-20-4-2-1-3-11(8)20/h5,9-10H,1-4,6-7H2,(H,22,23)/t9-,10-/m1/s1. The van der Waals surface area contributed by atoms with Crippen LogP contribution in [0.1, 0.15) is 28.9 Å². The molecule has 9 heteroatoms. The lowest BCUT2D eigenvalue weighted by molar-refractivity contribution is -0.187. The van der Waals surface area contributed by atoms with E-state index in [9.17, 15) is 22.8 Å². The van der Waals surface area contributed by atoms with Crippen LogP contribution in [0.2, 0.25) is 0 Å². The minimum absolute atomic E-state index is 0.289. The van der Waals surface area contributed by atoms with Crippen molar-refractivity contribution in [2.75, 3.05) is 13.1 Å². The highest BCUT2D eigenvalue weighted by atomic mass is 19.4. The van der Waals surface area contributed by atoms with Gasteiger partial charge in [0, 0.05) is 19.6 Å². The van der Waals surface area contributed by atoms with E-state index in [0.717, 1.165) is 23.4 Å². The number of alkyl halides is 3. The van der Waals surface area contributed by atoms with E-state index in [0.29, 0.717) is 13.0 Å². The molecule has 1 fully saturated rings. The van der Waals surface area contributed by atoms with Gasteiger partial charge in [-0.05, 0) is 19.3 Å². The van der Waals surface area contributed by atoms with Gasteiger partial charge in [0.15, 0.2) is 0 Å². The van der Waals surface area contributed by atoms with Crippen molar-refractivity contribution in [3.05, 3.63) is 17.5 Å². The first-order valence-corrected chi connectivity index (χ1v) is 7.42. The van der Waals surface area contributed by atoms with Crippen LogP contribution in [-0.4, -0.2) is 50.9 Å². The summed E-state index contributed by atoms with van der Waals surface area (Å²) in [5, 5.41) is 13.1. The third kappa shape index (κ3) is 2.79. The van der Waals surface area contributed by atoms with Crippen LogP contribution in [0.4, 0.5) is 13.2 Å². The summed E-state index contributed by atoms with van der Waals surface area (Å²) in [5.41, 5.74) is 1.01. The fourth-order valence-electron chi connectivity index (χ4n) is 3.32. The number of hydrogen-bond donors (Lipinski definition) is 1. The minimum atomic E-state index is -4.64. The Balaban J connectivity index is 1.84. The molecular formula is C14H16F3N3O3. The molecule has 126 valence electrons. The summed E-state index contributed by atoms with van der Waals surface area (Å²) < 4.78 is 40.7. The van der Waals surface area contributed by atoms with Gasteiger partial charge in [0.1, 0.15) is 0 Å². The van der Waals surface area contributed by atoms with E-state index >= 15 is 0 Å². The van der Waals surface area contributed by atoms with Crippen LogP contribution in [0.15, 0.2) is 6.20 Å². The lowest BCUT2D eigenvalue weighted by atomic mass is 9.96. The molecule has 3 rings (SSSR count). The molecule has 0 aromatic carbocycles. The van der Waals surface area contributed by atoms with Crippen LogP contribution < -0.4 is 0 Å². The quantitative estimate of drug-likeness (QED) is 0.892. The normalized spacial score (nSPS) is 24.6. The van der Waals surface area contributed by atoms with Gasteiger partial charge in [-0.15, -0.1) is 0 Å². The average molecular weight is 331 g/mol. The number of aliphatic carboxylic acids is 1. The summed E-state index contributed by atoms with van der Waals surface area (Å²) in [7, 11) is 0. The molecule has 0 spiro atoms. The molecule has 1 aromatic heterocycles. The molecule has 0 saturated carbocycles. The third-order valence-corrected chi connectivity index (χ3v) is 4.56. The maximum Gasteiger partial charge on any atom is 0.394 e. The van der Waals surface area contributed by atoms with Crippen LogP contribution >= 0.6 is 0 Å². The molecular weight excluding hydrogens is 315 g/mol. The van der Waals surface area contributed by atoms with E-state index in [4.69, 9.17) is 5.11 Å². The van der Waals surface area contributed by atoms with Gasteiger partial charge in [-0.3, -0.25) is 14.3 Å². The predicted molar refractivity (Wildman–Crippen MR) is 71.7 cm³/mol. The van der Waals surface area contributed by atoms with E-state index < -0.39 is 43.0 Å². The molecule has 2 aliphatic heterocycles. The molecule has 6 nitrogen and oxygen atoms in total. The summed E-state index contributed by atoms with van der Waals surface area (Å²) in [5.74, 6) is -5.74. The van der Waals surface area contributed by atoms with Gasteiger partial charge >= 0.3 is 12.1 Å². The topological polar surface area (TPSA) is 75.4 Å². The number of carboxylic acid groups (broad SMARTS) is 1. The van der Waals surface area contributed by atoms with E-state index in [1.807, 2.05) is 0 Å². The molecule has 2 atom stereocenters. The summed E-state index contributed by atoms with van der Waals surface area (Å²) in [6.07, 6.45) is -0.769. The zero-order valence-electron chi connectivity index (χ0n) is 12.2. The van der Waals surface area contributed by atoms with Crippen LogP contribution in [0, 0.1) is 11.8 Å². The molecule has 0 unspecified atom stereocenters. The summed E-state index contributed by atoms with van der Waals surface area (Å²) in [6, 6.07) is 0. The smallest absolute Gasteiger partial charge is 0.394 e. The number of amides is 1. The molecule has 1 saturated heterocycles. The van der Waals surface area contributed by atoms with Crippen LogP contribution in [0.5, 0.6) is 0 Å². The second-order valence-electron chi connectivity index (χ2n) is 5.99. The van der Waals surface area contributed by atoms with Crippen molar-refractivity contribution in [3.8, 4) is 0 Å². The van der Waals surface area contributed by atoms with Gasteiger partial charge in [0.25, 0.3) is 5.91 Å². The number of nitrogens with zero attached hydrogens (tertiary/aromatic N) is 3. The van der Waals surface area contributed by atoms with Crippen molar-refractivity contribution in [2.45, 2.75) is 32.0 Å². The lowest BCUT2D eigenvalue weighted by Crippen LogP contribution is -2.34. The second kappa shape index (κ2) is 5.54. The van der Waals surface area contributed by atoms with Crippen molar-refractivity contribution in [1.29, 1.82) is 0 Å². The molecule has 1 N–H and O–H groups in total. The number of rotatable bonds is 2. The van der Waals surface area contributed by atoms with Gasteiger partial charge in [-0.25, -0.2) is 0 Å². The van der Waals surface area contributed by atoms with Crippen molar-refractivity contribution in [1.82, 2.24) is 14.7 Å². The number of aryl methyl sites for hydroxylation is 1. The van der Waals surface area contributed by atoms with Gasteiger partial charge in [0.2, 0.25) is 0 Å². The van der Waals surface area contributed by atoms with Gasteiger partial charge in [0.05, 0.1) is 29.3 Å². The monoisotopic (exact) mass is 331 g/mol. The number of carbonyl (C=O) groups excluding carboxylic acids is 1. The average Bonchev–Trinajstić information content (AvgIpc) is 3.10. The Morgan fingerprint density at radius 3 is 2.61 bits per heavy atom. The zero-order chi connectivity index (χ0) is 16.8. The first-order valence-electron chi connectivity index (χ1n) is 7.42. The zero-order valence-corrected chi connectivity index (χ0v) is 12.2. The Bertz CT molecular complexity index is 641. The number of carboxylic acids is 1. The Labute approximate surface area is 129 Å². The number of likely N-dealkylation sites (tertiary alicyclic amines) is 1. The van der Waals surface area contributed by atoms with Gasteiger partial charge < -0.3 is 10.0 Å². The van der Waals surface area contributed by atoms with E-state index in [-0.39, 0.29) is 5.56 Å². The fourth-order valence-corrected chi connectivity index (χ4v) is 3.32. The number of carbonyl (C=O) groups is 2. The van der Waals surface area contributed by atoms with E-state index in [1.165, 1.54) is 6.20 Å². The number of hydrogen-bond acceptors (Lipinski definition) is 3. The molecule has 3 heterocycles. The first-order chi connectivity index (χ1) is 10.8. The predicted octanol–water partition coefficient (Wildman–Crippen LogP) is 1.55. The van der Waals surface area contributed by atoms with Gasteiger partial charge in [-0.1, -0.05) is 0 Å². The molecule has 23 heavy (non-hydrogen) atoms. The largest absolute Gasteiger partial charge is 0.481 e. The highest BCUT2D eigenvalue weighted by molar-refractivity contribution is 5.95. The Morgan fingerprint density at radius 1 is 1.26 bits per heavy atom.